The molecule has 1 aromatic heterocycles. The predicted molar refractivity (Wildman–Crippen MR) is 135 cm³/mol. The highest BCUT2D eigenvalue weighted by atomic mass is 15.3. The van der Waals surface area contributed by atoms with Crippen molar-refractivity contribution in [2.24, 2.45) is 0 Å². The molecule has 3 aromatic carbocycles. The first kappa shape index (κ1) is 21.7. The van der Waals surface area contributed by atoms with Crippen LogP contribution in [0.2, 0.25) is 0 Å². The number of anilines is 7. The van der Waals surface area contributed by atoms with Gasteiger partial charge in [0.25, 0.3) is 0 Å². The number of hydrogen-bond acceptors (Lipinski definition) is 9. The molecule has 9 nitrogen and oxygen atoms in total. The van der Waals surface area contributed by atoms with Gasteiger partial charge in [0.15, 0.2) is 0 Å². The predicted octanol–water partition coefficient (Wildman–Crippen LogP) is 3.63. The molecule has 0 unspecified atom stereocenters. The maximum absolute atomic E-state index is 5.89. The average Bonchev–Trinajstić information content (AvgIpc) is 2.79. The minimum absolute atomic E-state index is 0.403. The normalized spacial score (nSPS) is 10.5. The van der Waals surface area contributed by atoms with Crippen LogP contribution in [0.1, 0.15) is 11.1 Å². The van der Waals surface area contributed by atoms with Crippen LogP contribution < -0.4 is 33.2 Å². The monoisotopic (exact) mass is 441 g/mol. The van der Waals surface area contributed by atoms with Gasteiger partial charge in [0, 0.05) is 35.8 Å². The summed E-state index contributed by atoms with van der Waals surface area (Å²) in [5.41, 5.74) is 22.6. The maximum atomic E-state index is 5.89. The number of aromatic nitrogens is 3. The fourth-order valence-corrected chi connectivity index (χ4v) is 3.22. The minimum atomic E-state index is 0.403. The molecule has 0 amide bonds. The van der Waals surface area contributed by atoms with Crippen molar-refractivity contribution < 1.29 is 0 Å². The summed E-state index contributed by atoms with van der Waals surface area (Å²) in [6.45, 7) is 1.18. The molecular weight excluding hydrogens is 414 g/mol. The summed E-state index contributed by atoms with van der Waals surface area (Å²) in [4.78, 5) is 13.5. The molecule has 9 heteroatoms. The molecule has 0 spiro atoms. The minimum Gasteiger partial charge on any atom is -0.399 e. The summed E-state index contributed by atoms with van der Waals surface area (Å²) in [6.07, 6.45) is 0.802. The molecule has 0 atom stereocenters. The Kier molecular flexibility index (Phi) is 6.70. The zero-order chi connectivity index (χ0) is 23.0. The Labute approximate surface area is 192 Å². The molecule has 0 radical (unpaired) electrons. The van der Waals surface area contributed by atoms with E-state index in [1.807, 2.05) is 72.8 Å². The second-order valence-electron chi connectivity index (χ2n) is 7.57. The van der Waals surface area contributed by atoms with Crippen molar-refractivity contribution in [2.75, 3.05) is 39.7 Å². The quantitative estimate of drug-likeness (QED) is 0.214. The molecular formula is C24H27N9. The molecule has 0 aliphatic heterocycles. The lowest BCUT2D eigenvalue weighted by Crippen LogP contribution is -2.13. The van der Waals surface area contributed by atoms with Gasteiger partial charge in [0.2, 0.25) is 17.8 Å². The zero-order valence-corrected chi connectivity index (χ0v) is 18.1. The second-order valence-corrected chi connectivity index (χ2v) is 7.57. The Hall–Kier alpha value is -4.53. The number of hydrogen-bond donors (Lipinski definition) is 6. The van der Waals surface area contributed by atoms with Gasteiger partial charge in [-0.2, -0.15) is 15.0 Å². The highest BCUT2D eigenvalue weighted by Gasteiger charge is 2.08. The summed E-state index contributed by atoms with van der Waals surface area (Å²) in [5, 5.41) is 9.71. The summed E-state index contributed by atoms with van der Waals surface area (Å²) < 4.78 is 0. The van der Waals surface area contributed by atoms with Crippen molar-refractivity contribution >= 4 is 40.6 Å². The van der Waals surface area contributed by atoms with Crippen molar-refractivity contribution in [1.82, 2.24) is 15.0 Å². The van der Waals surface area contributed by atoms with E-state index in [1.165, 1.54) is 5.56 Å². The molecule has 0 saturated carbocycles. The van der Waals surface area contributed by atoms with Gasteiger partial charge in [-0.1, -0.05) is 30.3 Å². The molecule has 0 fully saturated rings. The van der Waals surface area contributed by atoms with Gasteiger partial charge in [-0.25, -0.2) is 0 Å². The van der Waals surface area contributed by atoms with E-state index in [0.717, 1.165) is 23.4 Å². The molecule has 0 aliphatic carbocycles. The third-order valence-corrected chi connectivity index (χ3v) is 4.86. The van der Waals surface area contributed by atoms with E-state index in [1.54, 1.807) is 0 Å². The van der Waals surface area contributed by atoms with Gasteiger partial charge >= 0.3 is 0 Å². The molecule has 33 heavy (non-hydrogen) atoms. The van der Waals surface area contributed by atoms with E-state index in [0.29, 0.717) is 42.3 Å². The first-order valence-corrected chi connectivity index (χ1v) is 10.6. The molecule has 0 bridgehead atoms. The Morgan fingerprint density at radius 3 is 2.00 bits per heavy atom. The van der Waals surface area contributed by atoms with Gasteiger partial charge in [-0.05, 0) is 60.0 Å². The number of benzene rings is 3. The molecule has 4 rings (SSSR count). The second kappa shape index (κ2) is 10.2. The molecule has 9 N–H and O–H groups in total. The van der Waals surface area contributed by atoms with Crippen LogP contribution in [0.5, 0.6) is 0 Å². The standard InChI is InChI=1S/C24H27N9/c25-18-9-7-16(8-10-18)11-12-28-22-31-23(29-15-17-3-1-4-19(26)13-17)33-24(32-22)30-21-6-2-5-20(27)14-21/h1-10,13-14H,11-12,15,25-27H2,(H3,28,29,30,31,32,33). The number of nitrogens with zero attached hydrogens (tertiary/aromatic N) is 3. The Balaban J connectivity index is 1.49. The van der Waals surface area contributed by atoms with Gasteiger partial charge < -0.3 is 33.2 Å². The van der Waals surface area contributed by atoms with Crippen LogP contribution in [-0.4, -0.2) is 21.5 Å². The van der Waals surface area contributed by atoms with Crippen LogP contribution in [0, 0.1) is 0 Å². The smallest absolute Gasteiger partial charge is 0.233 e. The fourth-order valence-electron chi connectivity index (χ4n) is 3.22. The Morgan fingerprint density at radius 2 is 1.27 bits per heavy atom. The molecule has 0 aliphatic rings. The molecule has 4 aromatic rings. The summed E-state index contributed by atoms with van der Waals surface area (Å²) in [6, 6.07) is 22.9. The first-order chi connectivity index (χ1) is 16.0. The van der Waals surface area contributed by atoms with E-state index < -0.39 is 0 Å². The lowest BCUT2D eigenvalue weighted by molar-refractivity contribution is 0.956. The number of nitrogen functional groups attached to an aromatic ring is 3. The number of nitrogens with two attached hydrogens (primary N) is 3. The van der Waals surface area contributed by atoms with Crippen LogP contribution in [-0.2, 0) is 13.0 Å². The summed E-state index contributed by atoms with van der Waals surface area (Å²) in [5.74, 6) is 1.30. The van der Waals surface area contributed by atoms with Gasteiger partial charge in [-0.3, -0.25) is 0 Å². The van der Waals surface area contributed by atoms with Crippen molar-refractivity contribution in [3.05, 3.63) is 83.9 Å². The van der Waals surface area contributed by atoms with Crippen molar-refractivity contribution in [3.8, 4) is 0 Å². The van der Waals surface area contributed by atoms with Crippen LogP contribution >= 0.6 is 0 Å². The summed E-state index contributed by atoms with van der Waals surface area (Å²) in [7, 11) is 0. The van der Waals surface area contributed by atoms with E-state index in [9.17, 15) is 0 Å². The van der Waals surface area contributed by atoms with Crippen molar-refractivity contribution in [3.63, 3.8) is 0 Å². The lowest BCUT2D eigenvalue weighted by Gasteiger charge is -2.12. The SMILES string of the molecule is Nc1ccc(CCNc2nc(NCc3cccc(N)c3)nc(Nc3cccc(N)c3)n2)cc1. The van der Waals surface area contributed by atoms with Crippen molar-refractivity contribution in [1.29, 1.82) is 0 Å². The number of nitrogens with one attached hydrogen (secondary N) is 3. The zero-order valence-electron chi connectivity index (χ0n) is 18.1. The van der Waals surface area contributed by atoms with E-state index in [4.69, 9.17) is 17.2 Å². The van der Waals surface area contributed by atoms with Crippen LogP contribution in [0.15, 0.2) is 72.8 Å². The number of rotatable bonds is 9. The molecule has 0 saturated heterocycles. The lowest BCUT2D eigenvalue weighted by atomic mass is 10.1. The highest BCUT2D eigenvalue weighted by molar-refractivity contribution is 5.60. The largest absolute Gasteiger partial charge is 0.399 e. The Morgan fingerprint density at radius 1 is 0.606 bits per heavy atom. The van der Waals surface area contributed by atoms with E-state index >= 15 is 0 Å². The van der Waals surface area contributed by atoms with Crippen LogP contribution in [0.4, 0.5) is 40.6 Å². The highest BCUT2D eigenvalue weighted by Crippen LogP contribution is 2.19. The Bertz CT molecular complexity index is 1210. The topological polar surface area (TPSA) is 153 Å². The third kappa shape index (κ3) is 6.47. The summed E-state index contributed by atoms with van der Waals surface area (Å²) >= 11 is 0. The van der Waals surface area contributed by atoms with Gasteiger partial charge in [0.1, 0.15) is 0 Å². The fraction of sp³-hybridized carbons (Fsp3) is 0.125. The van der Waals surface area contributed by atoms with Crippen LogP contribution in [0.25, 0.3) is 0 Å². The molecule has 168 valence electrons. The van der Waals surface area contributed by atoms with Crippen LogP contribution in [0.3, 0.4) is 0 Å². The van der Waals surface area contributed by atoms with E-state index in [2.05, 4.69) is 30.9 Å². The van der Waals surface area contributed by atoms with E-state index in [-0.39, 0.29) is 0 Å². The van der Waals surface area contributed by atoms with Gasteiger partial charge in [-0.15, -0.1) is 0 Å². The first-order valence-electron chi connectivity index (χ1n) is 10.6. The average molecular weight is 442 g/mol. The third-order valence-electron chi connectivity index (χ3n) is 4.86. The van der Waals surface area contributed by atoms with Gasteiger partial charge in [0.05, 0.1) is 0 Å². The van der Waals surface area contributed by atoms with Crippen molar-refractivity contribution in [2.45, 2.75) is 13.0 Å². The maximum Gasteiger partial charge on any atom is 0.233 e. The molecule has 1 heterocycles.